The number of fused-ring (bicyclic) bond motifs is 1. The van der Waals surface area contributed by atoms with E-state index in [9.17, 15) is 14.3 Å². The third-order valence-electron chi connectivity index (χ3n) is 4.37. The number of hydrogen-bond donors (Lipinski definition) is 1. The van der Waals surface area contributed by atoms with Gasteiger partial charge in [-0.1, -0.05) is 17.3 Å². The van der Waals surface area contributed by atoms with Crippen LogP contribution in [0, 0.1) is 5.82 Å². The Morgan fingerprint density at radius 2 is 2.07 bits per heavy atom. The average molecular weight is 381 g/mol. The zero-order valence-corrected chi connectivity index (χ0v) is 15.1. The van der Waals surface area contributed by atoms with Gasteiger partial charge in [-0.15, -0.1) is 0 Å². The van der Waals surface area contributed by atoms with E-state index in [4.69, 9.17) is 9.26 Å². The molecule has 0 bridgehead atoms. The summed E-state index contributed by atoms with van der Waals surface area (Å²) < 4.78 is 25.6. The molecule has 142 valence electrons. The molecule has 0 aliphatic heterocycles. The molecule has 0 spiro atoms. The van der Waals surface area contributed by atoms with Crippen molar-refractivity contribution >= 4 is 10.9 Å². The maximum atomic E-state index is 13.6. The molecule has 0 saturated heterocycles. The van der Waals surface area contributed by atoms with E-state index in [1.165, 1.54) is 23.7 Å². The summed E-state index contributed by atoms with van der Waals surface area (Å²) in [7, 11) is 1.52. The zero-order chi connectivity index (χ0) is 19.8. The van der Waals surface area contributed by atoms with E-state index in [1.54, 1.807) is 24.3 Å². The van der Waals surface area contributed by atoms with Crippen LogP contribution in [0.5, 0.6) is 11.5 Å². The van der Waals surface area contributed by atoms with Crippen molar-refractivity contribution in [1.82, 2.24) is 14.7 Å². The number of benzene rings is 2. The van der Waals surface area contributed by atoms with Gasteiger partial charge < -0.3 is 18.9 Å². The van der Waals surface area contributed by atoms with Gasteiger partial charge in [0.1, 0.15) is 22.9 Å². The van der Waals surface area contributed by atoms with E-state index in [0.29, 0.717) is 23.4 Å². The number of rotatable bonds is 4. The summed E-state index contributed by atoms with van der Waals surface area (Å²) in [5.74, 6) is -0.216. The van der Waals surface area contributed by atoms with Gasteiger partial charge in [0.25, 0.3) is 11.4 Å². The Balaban J connectivity index is 1.86. The number of hydrogen-bond acceptors (Lipinski definition) is 6. The molecule has 0 atom stereocenters. The van der Waals surface area contributed by atoms with Gasteiger partial charge >= 0.3 is 0 Å². The van der Waals surface area contributed by atoms with Crippen molar-refractivity contribution in [1.29, 1.82) is 0 Å². The van der Waals surface area contributed by atoms with Crippen LogP contribution in [0.25, 0.3) is 33.7 Å². The summed E-state index contributed by atoms with van der Waals surface area (Å²) in [6.45, 7) is 2.39. The second kappa shape index (κ2) is 6.80. The second-order valence-electron chi connectivity index (χ2n) is 6.13. The van der Waals surface area contributed by atoms with Crippen LogP contribution >= 0.6 is 0 Å². The lowest BCUT2D eigenvalue weighted by Crippen LogP contribution is -2.19. The zero-order valence-electron chi connectivity index (χ0n) is 15.1. The molecule has 0 fully saturated rings. The van der Waals surface area contributed by atoms with Crippen molar-refractivity contribution < 1.29 is 18.8 Å². The van der Waals surface area contributed by atoms with Gasteiger partial charge in [-0.3, -0.25) is 4.79 Å². The van der Waals surface area contributed by atoms with Crippen molar-refractivity contribution in [3.8, 4) is 34.3 Å². The molecule has 1 N–H and O–H groups in total. The van der Waals surface area contributed by atoms with Crippen LogP contribution in [0.1, 0.15) is 6.92 Å². The third-order valence-corrected chi connectivity index (χ3v) is 4.37. The van der Waals surface area contributed by atoms with Crippen LogP contribution in [0.4, 0.5) is 4.39 Å². The fraction of sp³-hybridized carbons (Fsp3) is 0.150. The maximum absolute atomic E-state index is 13.6. The largest absolute Gasteiger partial charge is 0.506 e. The number of pyridine rings is 1. The molecule has 28 heavy (non-hydrogen) atoms. The van der Waals surface area contributed by atoms with E-state index in [1.807, 2.05) is 6.92 Å². The van der Waals surface area contributed by atoms with Crippen molar-refractivity contribution in [2.45, 2.75) is 6.92 Å². The summed E-state index contributed by atoms with van der Waals surface area (Å²) in [6.07, 6.45) is 0. The molecule has 7 nitrogen and oxygen atoms in total. The molecule has 0 radical (unpaired) electrons. The number of halogens is 1. The highest BCUT2D eigenvalue weighted by molar-refractivity contribution is 5.91. The topological polar surface area (TPSA) is 90.4 Å². The van der Waals surface area contributed by atoms with Gasteiger partial charge in [0.05, 0.1) is 12.1 Å². The Bertz CT molecular complexity index is 1250. The first-order chi connectivity index (χ1) is 13.5. The first-order valence-corrected chi connectivity index (χ1v) is 8.58. The molecule has 8 heteroatoms. The van der Waals surface area contributed by atoms with E-state index in [-0.39, 0.29) is 22.7 Å². The molecular formula is C20H16FN3O4. The SMILES string of the molecule is CCOc1cccc(-c2noc(-c3c(O)c4cc(F)ccc4n(C)c3=O)n2)c1. The predicted molar refractivity (Wildman–Crippen MR) is 101 cm³/mol. The Morgan fingerprint density at radius 3 is 2.86 bits per heavy atom. The molecule has 0 amide bonds. The number of aryl methyl sites for hydroxylation is 1. The Hall–Kier alpha value is -3.68. The number of aromatic nitrogens is 3. The fourth-order valence-electron chi connectivity index (χ4n) is 3.03. The number of ether oxygens (including phenoxy) is 1. The molecule has 4 aromatic rings. The lowest BCUT2D eigenvalue weighted by molar-refractivity contribution is 0.340. The summed E-state index contributed by atoms with van der Waals surface area (Å²) in [5, 5.41) is 14.7. The number of aromatic hydroxyl groups is 1. The van der Waals surface area contributed by atoms with Crippen LogP contribution < -0.4 is 10.3 Å². The van der Waals surface area contributed by atoms with Crippen LogP contribution in [0.15, 0.2) is 51.8 Å². The Labute approximate surface area is 158 Å². The minimum atomic E-state index is -0.536. The van der Waals surface area contributed by atoms with Crippen LogP contribution in [0.2, 0.25) is 0 Å². The van der Waals surface area contributed by atoms with Gasteiger partial charge in [-0.05, 0) is 37.3 Å². The summed E-state index contributed by atoms with van der Waals surface area (Å²) in [4.78, 5) is 17.0. The quantitative estimate of drug-likeness (QED) is 0.582. The van der Waals surface area contributed by atoms with Crippen molar-refractivity contribution in [2.24, 2.45) is 7.05 Å². The lowest BCUT2D eigenvalue weighted by Gasteiger charge is -2.09. The second-order valence-corrected chi connectivity index (χ2v) is 6.13. The van der Waals surface area contributed by atoms with Gasteiger partial charge in [-0.2, -0.15) is 4.98 Å². The van der Waals surface area contributed by atoms with E-state index >= 15 is 0 Å². The molecule has 4 rings (SSSR count). The predicted octanol–water partition coefficient (Wildman–Crippen LogP) is 3.50. The Kier molecular flexibility index (Phi) is 4.31. The molecule has 0 aliphatic rings. The maximum Gasteiger partial charge on any atom is 0.267 e. The minimum absolute atomic E-state index is 0.152. The summed E-state index contributed by atoms with van der Waals surface area (Å²) in [6, 6.07) is 10.9. The average Bonchev–Trinajstić information content (AvgIpc) is 3.17. The molecule has 0 aliphatic carbocycles. The highest BCUT2D eigenvalue weighted by Gasteiger charge is 2.22. The molecule has 2 aromatic carbocycles. The first-order valence-electron chi connectivity index (χ1n) is 8.58. The first kappa shape index (κ1) is 17.7. The number of nitrogens with zero attached hydrogens (tertiary/aromatic N) is 3. The lowest BCUT2D eigenvalue weighted by atomic mass is 10.1. The molecule has 0 unspecified atom stereocenters. The van der Waals surface area contributed by atoms with E-state index < -0.39 is 17.1 Å². The van der Waals surface area contributed by atoms with Crippen molar-refractivity contribution in [3.05, 3.63) is 58.6 Å². The minimum Gasteiger partial charge on any atom is -0.506 e. The molecule has 2 heterocycles. The van der Waals surface area contributed by atoms with E-state index in [0.717, 1.165) is 6.07 Å². The highest BCUT2D eigenvalue weighted by atomic mass is 19.1. The van der Waals surface area contributed by atoms with Gasteiger partial charge in [0.15, 0.2) is 0 Å². The molecule has 0 saturated carbocycles. The Morgan fingerprint density at radius 1 is 1.25 bits per heavy atom. The van der Waals surface area contributed by atoms with Crippen molar-refractivity contribution in [2.75, 3.05) is 6.61 Å². The van der Waals surface area contributed by atoms with Gasteiger partial charge in [0, 0.05) is 18.0 Å². The van der Waals surface area contributed by atoms with Gasteiger partial charge in [-0.25, -0.2) is 4.39 Å². The third kappa shape index (κ3) is 2.88. The fourth-order valence-corrected chi connectivity index (χ4v) is 3.03. The summed E-state index contributed by atoms with van der Waals surface area (Å²) >= 11 is 0. The monoisotopic (exact) mass is 381 g/mol. The van der Waals surface area contributed by atoms with Crippen LogP contribution in [-0.2, 0) is 7.05 Å². The van der Waals surface area contributed by atoms with Crippen LogP contribution in [0.3, 0.4) is 0 Å². The molecular weight excluding hydrogens is 365 g/mol. The van der Waals surface area contributed by atoms with Crippen LogP contribution in [-0.4, -0.2) is 26.4 Å². The normalized spacial score (nSPS) is 11.1. The standard InChI is InChI=1S/C20H16FN3O4/c1-3-27-13-6-4-5-11(9-13)18-22-19(28-23-18)16-17(25)14-10-12(21)7-8-15(14)24(2)20(16)26/h4-10,25H,3H2,1-2H3. The molecule has 2 aromatic heterocycles. The van der Waals surface area contributed by atoms with Crippen molar-refractivity contribution in [3.63, 3.8) is 0 Å². The summed E-state index contributed by atoms with van der Waals surface area (Å²) in [5.41, 5.74) is 0.302. The smallest absolute Gasteiger partial charge is 0.267 e. The van der Waals surface area contributed by atoms with Gasteiger partial charge in [0.2, 0.25) is 5.82 Å². The van der Waals surface area contributed by atoms with E-state index in [2.05, 4.69) is 10.1 Å². The highest BCUT2D eigenvalue weighted by Crippen LogP contribution is 2.33.